The molecule has 1 amide bonds. The minimum absolute atomic E-state index is 0.00108. The van der Waals surface area contributed by atoms with E-state index in [1.54, 1.807) is 18.2 Å². The number of rotatable bonds is 6. The SMILES string of the molecule is O=C(NCC1CNCC1O)C(Sc1ccccc1F)c1ccccc1. The molecule has 0 spiro atoms. The summed E-state index contributed by atoms with van der Waals surface area (Å²) in [4.78, 5) is 13.2. The fraction of sp³-hybridized carbons (Fsp3) is 0.316. The zero-order valence-electron chi connectivity index (χ0n) is 13.7. The lowest BCUT2D eigenvalue weighted by Crippen LogP contribution is -2.36. The molecule has 0 aliphatic carbocycles. The molecule has 3 unspecified atom stereocenters. The van der Waals surface area contributed by atoms with Crippen molar-refractivity contribution >= 4 is 17.7 Å². The van der Waals surface area contributed by atoms with E-state index in [0.29, 0.717) is 24.5 Å². The summed E-state index contributed by atoms with van der Waals surface area (Å²) in [5.74, 6) is -0.519. The second-order valence-electron chi connectivity index (χ2n) is 6.07. The fourth-order valence-corrected chi connectivity index (χ4v) is 3.90. The molecule has 3 atom stereocenters. The molecule has 3 N–H and O–H groups in total. The van der Waals surface area contributed by atoms with E-state index in [9.17, 15) is 14.3 Å². The van der Waals surface area contributed by atoms with Crippen molar-refractivity contribution in [1.82, 2.24) is 10.6 Å². The highest BCUT2D eigenvalue weighted by Gasteiger charge is 2.28. The largest absolute Gasteiger partial charge is 0.391 e. The maximum atomic E-state index is 14.0. The normalized spacial score (nSPS) is 21.0. The summed E-state index contributed by atoms with van der Waals surface area (Å²) in [6, 6.07) is 15.8. The number of benzene rings is 2. The molecule has 0 saturated carbocycles. The van der Waals surface area contributed by atoms with Gasteiger partial charge in [0.15, 0.2) is 0 Å². The van der Waals surface area contributed by atoms with Gasteiger partial charge in [-0.1, -0.05) is 42.5 Å². The predicted octanol–water partition coefficient (Wildman–Crippen LogP) is 2.36. The Balaban J connectivity index is 1.74. The number of carbonyl (C=O) groups excluding carboxylic acids is 1. The standard InChI is InChI=1S/C19H21FN2O2S/c20-15-8-4-5-9-17(15)25-18(13-6-2-1-3-7-13)19(24)22-11-14-10-21-12-16(14)23/h1-9,14,16,18,21,23H,10-12H2,(H,22,24). The number of hydrogen-bond acceptors (Lipinski definition) is 4. The second kappa shape index (κ2) is 8.47. The van der Waals surface area contributed by atoms with E-state index in [-0.39, 0.29) is 17.6 Å². The van der Waals surface area contributed by atoms with Crippen LogP contribution in [0, 0.1) is 11.7 Å². The van der Waals surface area contributed by atoms with Crippen LogP contribution in [0.3, 0.4) is 0 Å². The topological polar surface area (TPSA) is 61.4 Å². The first kappa shape index (κ1) is 17.9. The van der Waals surface area contributed by atoms with Crippen molar-refractivity contribution in [3.8, 4) is 0 Å². The number of carbonyl (C=O) groups is 1. The lowest BCUT2D eigenvalue weighted by Gasteiger charge is -2.20. The Morgan fingerprint density at radius 3 is 2.60 bits per heavy atom. The smallest absolute Gasteiger partial charge is 0.238 e. The number of aliphatic hydroxyl groups excluding tert-OH is 1. The second-order valence-corrected chi connectivity index (χ2v) is 7.22. The maximum absolute atomic E-state index is 14.0. The highest BCUT2D eigenvalue weighted by molar-refractivity contribution is 8.00. The summed E-state index contributed by atoms with van der Waals surface area (Å²) in [5, 5.41) is 15.3. The van der Waals surface area contributed by atoms with Gasteiger partial charge in [0.05, 0.1) is 6.10 Å². The van der Waals surface area contributed by atoms with Crippen LogP contribution in [0.4, 0.5) is 4.39 Å². The summed E-state index contributed by atoms with van der Waals surface area (Å²) in [7, 11) is 0. The highest BCUT2D eigenvalue weighted by Crippen LogP contribution is 2.36. The zero-order valence-corrected chi connectivity index (χ0v) is 14.5. The van der Waals surface area contributed by atoms with E-state index in [4.69, 9.17) is 0 Å². The third kappa shape index (κ3) is 4.60. The number of amides is 1. The minimum atomic E-state index is -0.551. The van der Waals surface area contributed by atoms with Crippen LogP contribution in [0.1, 0.15) is 10.8 Å². The molecule has 0 radical (unpaired) electrons. The number of nitrogens with one attached hydrogen (secondary N) is 2. The van der Waals surface area contributed by atoms with Crippen LogP contribution in [0.25, 0.3) is 0 Å². The molecule has 4 nitrogen and oxygen atoms in total. The van der Waals surface area contributed by atoms with Gasteiger partial charge in [-0.3, -0.25) is 4.79 Å². The number of β-amino-alcohol motifs (C(OH)–C–C–N with tert-alkyl or cyclic N) is 1. The van der Waals surface area contributed by atoms with Crippen molar-refractivity contribution in [1.29, 1.82) is 0 Å². The van der Waals surface area contributed by atoms with Crippen molar-refractivity contribution in [2.75, 3.05) is 19.6 Å². The van der Waals surface area contributed by atoms with E-state index in [1.165, 1.54) is 17.8 Å². The molecule has 1 saturated heterocycles. The molecule has 1 heterocycles. The molecule has 2 aromatic rings. The Kier molecular flexibility index (Phi) is 6.07. The minimum Gasteiger partial charge on any atom is -0.391 e. The van der Waals surface area contributed by atoms with Crippen LogP contribution < -0.4 is 10.6 Å². The molecule has 1 aliphatic rings. The Hall–Kier alpha value is -1.89. The molecule has 1 fully saturated rings. The van der Waals surface area contributed by atoms with Gasteiger partial charge in [0.2, 0.25) is 5.91 Å². The highest BCUT2D eigenvalue weighted by atomic mass is 32.2. The average Bonchev–Trinajstić information content (AvgIpc) is 3.05. The van der Waals surface area contributed by atoms with Gasteiger partial charge in [0.1, 0.15) is 11.1 Å². The van der Waals surface area contributed by atoms with E-state index in [2.05, 4.69) is 10.6 Å². The first-order chi connectivity index (χ1) is 12.1. The van der Waals surface area contributed by atoms with Crippen LogP contribution in [-0.4, -0.2) is 36.8 Å². The molecule has 3 rings (SSSR count). The summed E-state index contributed by atoms with van der Waals surface area (Å²) >= 11 is 1.19. The van der Waals surface area contributed by atoms with Crippen molar-refractivity contribution in [3.63, 3.8) is 0 Å². The first-order valence-electron chi connectivity index (χ1n) is 8.28. The number of aliphatic hydroxyl groups is 1. The molecule has 1 aliphatic heterocycles. The Bertz CT molecular complexity index is 714. The average molecular weight is 360 g/mol. The van der Waals surface area contributed by atoms with Crippen LogP contribution in [-0.2, 0) is 4.79 Å². The van der Waals surface area contributed by atoms with Gasteiger partial charge < -0.3 is 15.7 Å². The number of thioether (sulfide) groups is 1. The summed E-state index contributed by atoms with van der Waals surface area (Å²) in [6.45, 7) is 1.62. The number of halogens is 1. The summed E-state index contributed by atoms with van der Waals surface area (Å²) in [5.41, 5.74) is 0.818. The van der Waals surface area contributed by atoms with Gasteiger partial charge in [-0.25, -0.2) is 4.39 Å². The third-order valence-corrected chi connectivity index (χ3v) is 5.57. The van der Waals surface area contributed by atoms with Crippen molar-refractivity contribution in [2.45, 2.75) is 16.2 Å². The molecule has 6 heteroatoms. The van der Waals surface area contributed by atoms with Crippen molar-refractivity contribution in [2.24, 2.45) is 5.92 Å². The summed E-state index contributed by atoms with van der Waals surface area (Å²) < 4.78 is 14.0. The van der Waals surface area contributed by atoms with Gasteiger partial charge in [0, 0.05) is 30.4 Å². The van der Waals surface area contributed by atoms with Gasteiger partial charge in [-0.05, 0) is 17.7 Å². The van der Waals surface area contributed by atoms with E-state index in [1.807, 2.05) is 30.3 Å². The molecular formula is C19H21FN2O2S. The molecule has 25 heavy (non-hydrogen) atoms. The van der Waals surface area contributed by atoms with E-state index in [0.717, 1.165) is 5.56 Å². The Labute approximate surface area is 150 Å². The van der Waals surface area contributed by atoms with Crippen LogP contribution in [0.5, 0.6) is 0 Å². The predicted molar refractivity (Wildman–Crippen MR) is 96.8 cm³/mol. The van der Waals surface area contributed by atoms with Gasteiger partial charge in [0.25, 0.3) is 0 Å². The molecule has 2 aromatic carbocycles. The maximum Gasteiger partial charge on any atom is 0.238 e. The Morgan fingerprint density at radius 2 is 1.92 bits per heavy atom. The third-order valence-electron chi connectivity index (χ3n) is 4.26. The summed E-state index contributed by atoms with van der Waals surface area (Å²) in [6.07, 6.45) is -0.449. The molecule has 0 bridgehead atoms. The van der Waals surface area contributed by atoms with Gasteiger partial charge in [-0.2, -0.15) is 0 Å². The molecule has 0 aromatic heterocycles. The molecule has 132 valence electrons. The van der Waals surface area contributed by atoms with Crippen molar-refractivity contribution in [3.05, 3.63) is 66.0 Å². The number of hydrogen-bond donors (Lipinski definition) is 3. The van der Waals surface area contributed by atoms with Crippen LogP contribution in [0.2, 0.25) is 0 Å². The van der Waals surface area contributed by atoms with Crippen LogP contribution >= 0.6 is 11.8 Å². The fourth-order valence-electron chi connectivity index (χ4n) is 2.82. The quantitative estimate of drug-likeness (QED) is 0.692. The van der Waals surface area contributed by atoms with Crippen LogP contribution in [0.15, 0.2) is 59.5 Å². The zero-order chi connectivity index (χ0) is 17.6. The van der Waals surface area contributed by atoms with E-state index < -0.39 is 11.4 Å². The van der Waals surface area contributed by atoms with Gasteiger partial charge in [-0.15, -0.1) is 11.8 Å². The van der Waals surface area contributed by atoms with Crippen molar-refractivity contribution < 1.29 is 14.3 Å². The van der Waals surface area contributed by atoms with E-state index >= 15 is 0 Å². The first-order valence-corrected chi connectivity index (χ1v) is 9.15. The lowest BCUT2D eigenvalue weighted by atomic mass is 10.1. The monoisotopic (exact) mass is 360 g/mol. The lowest BCUT2D eigenvalue weighted by molar-refractivity contribution is -0.120. The Morgan fingerprint density at radius 1 is 1.20 bits per heavy atom. The van der Waals surface area contributed by atoms with Gasteiger partial charge >= 0.3 is 0 Å². The molecular weight excluding hydrogens is 339 g/mol.